The van der Waals surface area contributed by atoms with Crippen LogP contribution in [0.4, 0.5) is 0 Å². The molecule has 0 aliphatic rings. The highest BCUT2D eigenvalue weighted by Crippen LogP contribution is 2.20. The fourth-order valence-electron chi connectivity index (χ4n) is 2.13. The highest BCUT2D eigenvalue weighted by molar-refractivity contribution is 7.42. The molecule has 0 aliphatic heterocycles. The molecule has 0 amide bonds. The van der Waals surface area contributed by atoms with Crippen molar-refractivity contribution in [3.05, 3.63) is 35.9 Å². The normalized spacial score (nSPS) is 14.2. The second-order valence-electron chi connectivity index (χ2n) is 5.56. The zero-order valence-electron chi connectivity index (χ0n) is 12.4. The highest BCUT2D eigenvalue weighted by atomic mass is 31.1. The van der Waals surface area contributed by atoms with Gasteiger partial charge in [-0.15, -0.1) is 0 Å². The van der Waals surface area contributed by atoms with E-state index < -0.39 is 7.95 Å². The summed E-state index contributed by atoms with van der Waals surface area (Å²) in [5.41, 5.74) is 1.32. The molecule has 0 saturated carbocycles. The van der Waals surface area contributed by atoms with E-state index in [1.165, 1.54) is 5.56 Å². The van der Waals surface area contributed by atoms with Crippen LogP contribution in [0.25, 0.3) is 0 Å². The van der Waals surface area contributed by atoms with Crippen LogP contribution in [0.1, 0.15) is 38.7 Å². The van der Waals surface area contributed by atoms with Gasteiger partial charge in [-0.05, 0) is 37.2 Å². The van der Waals surface area contributed by atoms with Crippen LogP contribution in [0, 0.1) is 5.92 Å². The van der Waals surface area contributed by atoms with Crippen molar-refractivity contribution in [3.8, 4) is 0 Å². The predicted octanol–water partition coefficient (Wildman–Crippen LogP) is 3.60. The summed E-state index contributed by atoms with van der Waals surface area (Å²) in [7, 11) is -1.86. The molecule has 0 fully saturated rings. The smallest absolute Gasteiger partial charge is 0.217 e. The van der Waals surface area contributed by atoms with Gasteiger partial charge in [-0.3, -0.25) is 9.88 Å². The van der Waals surface area contributed by atoms with E-state index in [1.807, 2.05) is 38.3 Å². The number of hydrogen-bond acceptors (Lipinski definition) is 2. The molecule has 0 heterocycles. The van der Waals surface area contributed by atoms with E-state index in [4.69, 9.17) is 0 Å². The molecule has 1 aromatic carbocycles. The first-order chi connectivity index (χ1) is 9.61. The van der Waals surface area contributed by atoms with Gasteiger partial charge in [0, 0.05) is 6.16 Å². The Morgan fingerprint density at radius 2 is 1.90 bits per heavy atom. The average Bonchev–Trinajstić information content (AvgIpc) is 2.43. The number of carbonyl (C=O) groups excluding carboxylic acids is 1. The molecular weight excluding hydrogens is 269 g/mol. The van der Waals surface area contributed by atoms with E-state index in [2.05, 4.69) is 17.2 Å². The Hall–Kier alpha value is -0.920. The van der Waals surface area contributed by atoms with Crippen molar-refractivity contribution < 1.29 is 9.36 Å². The molecule has 1 N–H and O–H groups in total. The largest absolute Gasteiger partial charge is 0.310 e. The SMILES string of the molecule is CC(C)C[C@@H]([C]=O)N[PH](=O)CCCCc1ccccc1. The first kappa shape index (κ1) is 17.1. The molecule has 20 heavy (non-hydrogen) atoms. The van der Waals surface area contributed by atoms with Gasteiger partial charge in [0.25, 0.3) is 0 Å². The molecule has 3 nitrogen and oxygen atoms in total. The van der Waals surface area contributed by atoms with Crippen molar-refractivity contribution in [2.45, 2.75) is 45.6 Å². The van der Waals surface area contributed by atoms with Gasteiger partial charge in [-0.2, -0.15) is 0 Å². The lowest BCUT2D eigenvalue weighted by atomic mass is 10.1. The Balaban J connectivity index is 2.18. The Labute approximate surface area is 123 Å². The number of aryl methyl sites for hydroxylation is 1. The van der Waals surface area contributed by atoms with Gasteiger partial charge in [-0.25, -0.2) is 0 Å². The topological polar surface area (TPSA) is 46.2 Å². The third-order valence-corrected chi connectivity index (χ3v) is 4.62. The summed E-state index contributed by atoms with van der Waals surface area (Å²) in [5, 5.41) is 2.92. The van der Waals surface area contributed by atoms with Crippen molar-refractivity contribution in [3.63, 3.8) is 0 Å². The third kappa shape index (κ3) is 7.62. The Morgan fingerprint density at radius 1 is 1.20 bits per heavy atom. The number of hydrogen-bond donors (Lipinski definition) is 1. The van der Waals surface area contributed by atoms with Gasteiger partial charge in [0.05, 0.1) is 6.04 Å². The quantitative estimate of drug-likeness (QED) is 0.530. The monoisotopic (exact) mass is 294 g/mol. The van der Waals surface area contributed by atoms with E-state index in [0.29, 0.717) is 18.5 Å². The number of nitrogens with one attached hydrogen (secondary N) is 1. The molecule has 0 saturated heterocycles. The molecule has 1 radical (unpaired) electrons. The zero-order chi connectivity index (χ0) is 14.8. The Kier molecular flexibility index (Phi) is 8.48. The zero-order valence-corrected chi connectivity index (χ0v) is 13.4. The second-order valence-corrected chi connectivity index (χ2v) is 7.20. The molecule has 1 aromatic rings. The number of benzene rings is 1. The summed E-state index contributed by atoms with van der Waals surface area (Å²) in [6, 6.07) is 9.93. The van der Waals surface area contributed by atoms with Crippen LogP contribution in [-0.4, -0.2) is 18.5 Å². The minimum atomic E-state index is -1.86. The summed E-state index contributed by atoms with van der Waals surface area (Å²) in [4.78, 5) is 10.8. The summed E-state index contributed by atoms with van der Waals surface area (Å²) in [5.74, 6) is 0.404. The van der Waals surface area contributed by atoms with Gasteiger partial charge >= 0.3 is 0 Å². The van der Waals surface area contributed by atoms with E-state index in [-0.39, 0.29) is 6.04 Å². The van der Waals surface area contributed by atoms with Gasteiger partial charge in [0.2, 0.25) is 6.29 Å². The minimum absolute atomic E-state index is 0.379. The lowest BCUT2D eigenvalue weighted by Crippen LogP contribution is -2.26. The fraction of sp³-hybridized carbons (Fsp3) is 0.562. The summed E-state index contributed by atoms with van der Waals surface area (Å²) < 4.78 is 11.9. The lowest BCUT2D eigenvalue weighted by molar-refractivity contribution is 0.486. The molecule has 1 rings (SSSR count). The van der Waals surface area contributed by atoms with Gasteiger partial charge in [-0.1, -0.05) is 44.2 Å². The second kappa shape index (κ2) is 9.90. The van der Waals surface area contributed by atoms with Crippen LogP contribution in [-0.2, 0) is 15.8 Å². The molecule has 0 aromatic heterocycles. The number of rotatable bonds is 10. The standard InChI is InChI=1S/C16H25NO2P/c1-14(2)12-16(13-18)17-20(19)11-7-6-10-15-8-4-3-5-9-15/h3-5,8-9,14,16,20H,6-7,10-12H2,1-2H3,(H,17,19)/t16-/m0/s1. The average molecular weight is 294 g/mol. The Bertz CT molecular complexity index is 406. The molecule has 111 valence electrons. The van der Waals surface area contributed by atoms with Gasteiger partial charge in [0.15, 0.2) is 0 Å². The Morgan fingerprint density at radius 3 is 2.50 bits per heavy atom. The molecule has 0 bridgehead atoms. The molecule has 0 aliphatic carbocycles. The van der Waals surface area contributed by atoms with E-state index in [9.17, 15) is 9.36 Å². The summed E-state index contributed by atoms with van der Waals surface area (Å²) >= 11 is 0. The fourth-order valence-corrected chi connectivity index (χ4v) is 3.41. The molecule has 2 atom stereocenters. The van der Waals surface area contributed by atoms with Crippen LogP contribution in [0.2, 0.25) is 0 Å². The molecule has 4 heteroatoms. The van der Waals surface area contributed by atoms with E-state index in [1.54, 1.807) is 0 Å². The molecule has 1 unspecified atom stereocenters. The van der Waals surface area contributed by atoms with Crippen LogP contribution in [0.3, 0.4) is 0 Å². The van der Waals surface area contributed by atoms with Crippen LogP contribution < -0.4 is 5.09 Å². The van der Waals surface area contributed by atoms with Crippen LogP contribution >= 0.6 is 7.95 Å². The van der Waals surface area contributed by atoms with E-state index >= 15 is 0 Å². The van der Waals surface area contributed by atoms with Gasteiger partial charge in [0.1, 0.15) is 7.95 Å². The summed E-state index contributed by atoms with van der Waals surface area (Å²) in [6.07, 6.45) is 6.28. The van der Waals surface area contributed by atoms with Crippen molar-refractivity contribution in [1.82, 2.24) is 5.09 Å². The third-order valence-electron chi connectivity index (χ3n) is 3.15. The maximum atomic E-state index is 11.9. The first-order valence-corrected chi connectivity index (χ1v) is 8.94. The maximum absolute atomic E-state index is 11.9. The van der Waals surface area contributed by atoms with Gasteiger partial charge < -0.3 is 4.57 Å². The minimum Gasteiger partial charge on any atom is -0.310 e. The van der Waals surface area contributed by atoms with Crippen molar-refractivity contribution in [1.29, 1.82) is 0 Å². The van der Waals surface area contributed by atoms with Crippen molar-refractivity contribution in [2.24, 2.45) is 5.92 Å². The van der Waals surface area contributed by atoms with Crippen molar-refractivity contribution in [2.75, 3.05) is 6.16 Å². The van der Waals surface area contributed by atoms with E-state index in [0.717, 1.165) is 19.3 Å². The molecule has 0 spiro atoms. The maximum Gasteiger partial charge on any atom is 0.217 e. The molecular formula is C16H25NO2P. The highest BCUT2D eigenvalue weighted by Gasteiger charge is 2.12. The first-order valence-electron chi connectivity index (χ1n) is 7.32. The van der Waals surface area contributed by atoms with Crippen LogP contribution in [0.5, 0.6) is 0 Å². The van der Waals surface area contributed by atoms with Crippen LogP contribution in [0.15, 0.2) is 30.3 Å². The predicted molar refractivity (Wildman–Crippen MR) is 85.3 cm³/mol. The van der Waals surface area contributed by atoms with Crippen molar-refractivity contribution >= 4 is 14.2 Å². The summed E-state index contributed by atoms with van der Waals surface area (Å²) in [6.45, 7) is 4.09. The lowest BCUT2D eigenvalue weighted by Gasteiger charge is -2.13. The number of unbranched alkanes of at least 4 members (excludes halogenated alkanes) is 1.